The molecule has 46 heteroatoms. The molecule has 17 unspecified atom stereocenters. The summed E-state index contributed by atoms with van der Waals surface area (Å²) in [5.41, 5.74) is 0. The lowest BCUT2D eigenvalue weighted by molar-refractivity contribution is -0.873. The molecule has 684 valence electrons. The number of hydrogen-bond acceptors (Lipinski definition) is 36. The summed E-state index contributed by atoms with van der Waals surface area (Å²) in [5.74, 6) is 0. The molecule has 0 bridgehead atoms. The number of methoxy groups -OCH3 is 2. The van der Waals surface area contributed by atoms with Crippen molar-refractivity contribution >= 4 is 0 Å². The highest BCUT2D eigenvalue weighted by molar-refractivity contribution is 5.00. The summed E-state index contributed by atoms with van der Waals surface area (Å²) in [6.45, 7) is -3.35. The topological polar surface area (TPSA) is 530 Å². The average molecular weight is 1780 g/mol. The third-order valence-corrected chi connectivity index (χ3v) is 18.7. The van der Waals surface area contributed by atoms with Crippen LogP contribution in [0.1, 0.15) is 0 Å². The van der Waals surface area contributed by atoms with Crippen molar-refractivity contribution in [1.29, 1.82) is 0 Å². The third kappa shape index (κ3) is 34.4. The second-order valence-corrected chi connectivity index (χ2v) is 34.6. The monoisotopic (exact) mass is 1770 g/mol. The van der Waals surface area contributed by atoms with Gasteiger partial charge in [0.15, 0.2) is 37.7 Å². The van der Waals surface area contributed by atoms with Gasteiger partial charge >= 0.3 is 0 Å². The van der Waals surface area contributed by atoms with Crippen LogP contribution >= 0.6 is 0 Å². The number of ether oxygens (including phenoxy) is 18. The standard InChI is InChI=1S/C68H136N5O36.5ClH/c1-69(2,3)18-34(74)23-94-28-39-45(79)46(80)52(86)64(100-39)99-33-44-62(51(85)57(91)68(105-44)106-59-41(101-63(93-17)53(87)48(59)82)30-96-25-36(76)20-71(7,8)9)109-67-56(90)50(84)61(43(104-67)32-98-27-38(78)22-73(13,14)15)108-66-55(89)49(83)60(42(103-66)31-97-26-37(77)21-72(10,11)12)107-65-54(88)47(81)58(92-16)40(102-65)29-95-24-35(75)19-70(4,5)6;;;;;/h34-68,74-91H,18-33H2,1-17H3;5*1H/q+5;;;;;/p-5/t34?,35?,36?,37?,38?,39-,40?,41?,42-,43?,44-,45-,46?,47-,48-,49?,50-,51?,52?,53?,54?,55?,56?,57?,58+,59+,60+,61+,62+,63+,64-,65-,66-,67-,68+;;;;;/m0...../s1. The van der Waals surface area contributed by atoms with E-state index in [1.54, 1.807) is 0 Å². The predicted molar refractivity (Wildman–Crippen MR) is 372 cm³/mol. The largest absolute Gasteiger partial charge is 1.00 e. The molecular weight excluding hydrogens is 1640 g/mol. The summed E-state index contributed by atoms with van der Waals surface area (Å²) in [5, 5.41) is 207. The van der Waals surface area contributed by atoms with Crippen molar-refractivity contribution in [2.24, 2.45) is 0 Å². The zero-order valence-corrected chi connectivity index (χ0v) is 71.8. The molecule has 41 nitrogen and oxygen atoms in total. The summed E-state index contributed by atoms with van der Waals surface area (Å²) in [6.07, 6.45) is -60.2. The van der Waals surface area contributed by atoms with E-state index in [0.29, 0.717) is 24.5 Å². The molecule has 6 aliphatic heterocycles. The van der Waals surface area contributed by atoms with Gasteiger partial charge in [0, 0.05) is 14.2 Å². The highest BCUT2D eigenvalue weighted by atomic mass is 35.5. The fourth-order valence-electron chi connectivity index (χ4n) is 13.8. The lowest BCUT2D eigenvalue weighted by Gasteiger charge is -2.50. The highest BCUT2D eigenvalue weighted by Gasteiger charge is 2.58. The first-order chi connectivity index (χ1) is 50.5. The average Bonchev–Trinajstić information content (AvgIpc) is 0.770. The summed E-state index contributed by atoms with van der Waals surface area (Å²) in [6, 6.07) is 0. The SMILES string of the molecule is CO[C@@H]1OC(COCC(O)C[N+](C)(C)C)[C@@H](O[C@H]2O[C@@H](CO[C@H]3O[C@@H](COCC(O)C[N+](C)(C)C)[C@H](O)C(O)C3O)[C@@H](O[C@@H]3OC(COCC(O)C[N+](C)(C)C)[C@@H](O[C@@H]4O[C@@H](COCC(O)C[N+](C)(C)C)[C@@H](O[C@@H]5OC(COCC(O)C[N+](C)(C)C)[C@@H](OC)[C@@H](O)C5O)C(O)C4O)[C@@H](O)C3O)C(O)C2O)[C@@H](O)C1O.[Cl-].[Cl-].[Cl-].[Cl-].[Cl-]. The minimum Gasteiger partial charge on any atom is -1.00 e. The number of nitrogens with zero attached hydrogens (tertiary/aromatic N) is 5. The van der Waals surface area contributed by atoms with E-state index in [2.05, 4.69) is 0 Å². The lowest BCUT2D eigenvalue weighted by Crippen LogP contribution is -3.00. The van der Waals surface area contributed by atoms with E-state index in [9.17, 15) is 91.9 Å². The van der Waals surface area contributed by atoms with Crippen molar-refractivity contribution in [3.63, 3.8) is 0 Å². The number of quaternary nitrogens is 5. The Kier molecular flexibility index (Phi) is 48.5. The van der Waals surface area contributed by atoms with Gasteiger partial charge in [0.05, 0.1) is 178 Å². The maximum absolute atomic E-state index is 12.4. The van der Waals surface area contributed by atoms with Crippen LogP contribution in [0.5, 0.6) is 0 Å². The van der Waals surface area contributed by atoms with Gasteiger partial charge in [-0.25, -0.2) is 0 Å². The Morgan fingerprint density at radius 2 is 0.439 bits per heavy atom. The van der Waals surface area contributed by atoms with Crippen LogP contribution in [0.4, 0.5) is 0 Å². The normalized spacial score (nSPS) is 38.0. The summed E-state index contributed by atoms with van der Waals surface area (Å²) >= 11 is 0. The Hall–Kier alpha value is -0.190. The number of rotatable bonds is 43. The van der Waals surface area contributed by atoms with E-state index >= 15 is 0 Å². The Balaban J connectivity index is 0.0000130. The van der Waals surface area contributed by atoms with Crippen molar-refractivity contribution in [3.8, 4) is 0 Å². The van der Waals surface area contributed by atoms with Crippen LogP contribution in [-0.2, 0) is 85.3 Å². The molecule has 0 radical (unpaired) electrons. The van der Waals surface area contributed by atoms with Crippen LogP contribution in [0.15, 0.2) is 0 Å². The number of halogens is 5. The Bertz CT molecular complexity index is 2610. The van der Waals surface area contributed by atoms with Crippen molar-refractivity contribution in [2.75, 3.05) is 225 Å². The first-order valence-electron chi connectivity index (χ1n) is 36.9. The predicted octanol–water partition coefficient (Wildman–Crippen LogP) is -27.3. The number of hydrogen-bond donors (Lipinski definition) is 18. The molecule has 6 fully saturated rings. The van der Waals surface area contributed by atoms with Crippen LogP contribution in [0, 0.1) is 0 Å². The lowest BCUT2D eigenvalue weighted by atomic mass is 9.95. The van der Waals surface area contributed by atoms with E-state index < -0.39 is 248 Å². The molecule has 6 heterocycles. The van der Waals surface area contributed by atoms with Crippen LogP contribution in [0.25, 0.3) is 0 Å². The maximum Gasteiger partial charge on any atom is 0.187 e. The van der Waals surface area contributed by atoms with Gasteiger partial charge in [0.2, 0.25) is 0 Å². The number of likely N-dealkylation sites (N-methyl/N-ethyl adjacent to an activating group) is 5. The number of aliphatic hydroxyl groups excluding tert-OH is 18. The van der Waals surface area contributed by atoms with Gasteiger partial charge in [0.1, 0.15) is 210 Å². The Morgan fingerprint density at radius 3 is 0.684 bits per heavy atom. The van der Waals surface area contributed by atoms with Gasteiger partial charge in [-0.1, -0.05) is 0 Å². The maximum atomic E-state index is 12.4. The van der Waals surface area contributed by atoms with Crippen LogP contribution in [0.2, 0.25) is 0 Å². The molecule has 0 aromatic carbocycles. The van der Waals surface area contributed by atoms with Crippen LogP contribution < -0.4 is 62.0 Å². The molecule has 18 N–H and O–H groups in total. The van der Waals surface area contributed by atoms with Gasteiger partial charge in [-0.05, 0) is 0 Å². The van der Waals surface area contributed by atoms with Crippen molar-refractivity contribution in [1.82, 2.24) is 0 Å². The first-order valence-corrected chi connectivity index (χ1v) is 36.9. The van der Waals surface area contributed by atoms with Gasteiger partial charge in [-0.2, -0.15) is 0 Å². The molecule has 114 heavy (non-hydrogen) atoms. The molecule has 35 atom stereocenters. The second kappa shape index (κ2) is 49.5. The molecule has 6 saturated heterocycles. The van der Waals surface area contributed by atoms with Crippen molar-refractivity contribution in [3.05, 3.63) is 0 Å². The van der Waals surface area contributed by atoms with E-state index in [0.717, 1.165) is 0 Å². The van der Waals surface area contributed by atoms with Gasteiger partial charge in [-0.15, -0.1) is 0 Å². The van der Waals surface area contributed by atoms with Crippen molar-refractivity contribution < 1.29 is 262 Å². The van der Waals surface area contributed by atoms with Gasteiger partial charge in [0.25, 0.3) is 0 Å². The molecule has 0 aromatic rings. The van der Waals surface area contributed by atoms with E-state index in [-0.39, 0.29) is 132 Å². The highest BCUT2D eigenvalue weighted by Crippen LogP contribution is 2.38. The zero-order valence-electron chi connectivity index (χ0n) is 68.0. The molecule has 0 spiro atoms. The van der Waals surface area contributed by atoms with Gasteiger partial charge < -0.3 is 262 Å². The zero-order chi connectivity index (χ0) is 81.7. The minimum atomic E-state index is -2.29. The molecule has 6 aliphatic rings. The van der Waals surface area contributed by atoms with E-state index in [4.69, 9.17) is 85.3 Å². The fourth-order valence-corrected chi connectivity index (χ4v) is 13.8. The van der Waals surface area contributed by atoms with Crippen molar-refractivity contribution in [2.45, 2.75) is 215 Å². The molecule has 6 rings (SSSR count). The Labute approximate surface area is 698 Å². The summed E-state index contributed by atoms with van der Waals surface area (Å²) < 4.78 is 110. The second-order valence-electron chi connectivity index (χ2n) is 34.6. The molecule has 0 amide bonds. The molecule has 0 aromatic heterocycles. The molecular formula is C68H136Cl5N5O36. The minimum absolute atomic E-state index is 0. The summed E-state index contributed by atoms with van der Waals surface area (Å²) in [4.78, 5) is 0. The number of aliphatic hydroxyl groups is 18. The van der Waals surface area contributed by atoms with E-state index in [1.807, 2.05) is 106 Å². The Morgan fingerprint density at radius 1 is 0.237 bits per heavy atom. The summed E-state index contributed by atoms with van der Waals surface area (Å²) in [7, 11) is 30.1. The quantitative estimate of drug-likeness (QED) is 0.0252. The first kappa shape index (κ1) is 112. The van der Waals surface area contributed by atoms with Crippen LogP contribution in [0.3, 0.4) is 0 Å². The van der Waals surface area contributed by atoms with Crippen LogP contribution in [-0.4, -0.2) is 554 Å². The van der Waals surface area contributed by atoms with E-state index in [1.165, 1.54) is 14.2 Å². The molecule has 0 aliphatic carbocycles. The molecule has 0 saturated carbocycles. The smallest absolute Gasteiger partial charge is 0.187 e. The van der Waals surface area contributed by atoms with Gasteiger partial charge in [-0.3, -0.25) is 0 Å². The third-order valence-electron chi connectivity index (χ3n) is 18.7. The fraction of sp³-hybridized carbons (Fsp3) is 1.00.